The van der Waals surface area contributed by atoms with Crippen molar-refractivity contribution in [2.24, 2.45) is 5.73 Å². The normalized spacial score (nSPS) is 11.6. The zero-order valence-corrected chi connectivity index (χ0v) is 7.70. The van der Waals surface area contributed by atoms with E-state index in [2.05, 4.69) is 16.1 Å². The smallest absolute Gasteiger partial charge is 0.333 e. The van der Waals surface area contributed by atoms with Crippen molar-refractivity contribution in [3.63, 3.8) is 0 Å². The van der Waals surface area contributed by atoms with Crippen molar-refractivity contribution in [3.8, 4) is 0 Å². The molecule has 0 aromatic carbocycles. The number of rotatable bonds is 4. The van der Waals surface area contributed by atoms with Gasteiger partial charge >= 0.3 is 11.9 Å². The maximum atomic E-state index is 10.8. The lowest BCUT2D eigenvalue weighted by Crippen LogP contribution is -2.32. The first-order valence-corrected chi connectivity index (χ1v) is 3.62. The first-order chi connectivity index (χ1) is 6.02. The third-order valence-corrected chi connectivity index (χ3v) is 1.44. The molecule has 0 aliphatic carbocycles. The average molecular weight is 187 g/mol. The largest absolute Gasteiger partial charge is 0.468 e. The van der Waals surface area contributed by atoms with Gasteiger partial charge in [0.05, 0.1) is 14.2 Å². The van der Waals surface area contributed by atoms with Gasteiger partial charge < -0.3 is 15.2 Å². The van der Waals surface area contributed by atoms with Gasteiger partial charge in [0, 0.05) is 12.0 Å². The lowest BCUT2D eigenvalue weighted by molar-refractivity contribution is -0.142. The lowest BCUT2D eigenvalue weighted by atomic mass is 10.1. The van der Waals surface area contributed by atoms with Crippen LogP contribution in [0, 0.1) is 0 Å². The van der Waals surface area contributed by atoms with Crippen molar-refractivity contribution in [1.82, 2.24) is 0 Å². The van der Waals surface area contributed by atoms with Gasteiger partial charge in [0.1, 0.15) is 6.04 Å². The summed E-state index contributed by atoms with van der Waals surface area (Å²) >= 11 is 0. The molecule has 0 fully saturated rings. The molecule has 0 unspecified atom stereocenters. The molecule has 0 saturated carbocycles. The summed E-state index contributed by atoms with van der Waals surface area (Å²) in [6.07, 6.45) is 0.0410. The summed E-state index contributed by atoms with van der Waals surface area (Å²) in [6, 6.07) is -0.864. The predicted octanol–water partition coefficient (Wildman–Crippen LogP) is -0.394. The van der Waals surface area contributed by atoms with Crippen LogP contribution in [-0.4, -0.2) is 32.2 Å². The molecule has 74 valence electrons. The quantitative estimate of drug-likeness (QED) is 0.479. The Hall–Kier alpha value is -1.36. The zero-order chi connectivity index (χ0) is 10.4. The highest BCUT2D eigenvalue weighted by atomic mass is 16.5. The van der Waals surface area contributed by atoms with Gasteiger partial charge in [-0.15, -0.1) is 0 Å². The summed E-state index contributed by atoms with van der Waals surface area (Å²) in [7, 11) is 2.46. The van der Waals surface area contributed by atoms with Gasteiger partial charge in [-0.3, -0.25) is 4.79 Å². The minimum absolute atomic E-state index is 0.0410. The van der Waals surface area contributed by atoms with E-state index in [1.165, 1.54) is 14.2 Å². The molecule has 0 aliphatic heterocycles. The van der Waals surface area contributed by atoms with Gasteiger partial charge in [-0.25, -0.2) is 4.79 Å². The molecule has 0 amide bonds. The second kappa shape index (κ2) is 5.31. The van der Waals surface area contributed by atoms with Gasteiger partial charge in [0.15, 0.2) is 0 Å². The fraction of sp³-hybridized carbons (Fsp3) is 0.500. The summed E-state index contributed by atoms with van der Waals surface area (Å²) in [5.74, 6) is -1.15. The first kappa shape index (κ1) is 11.6. The number of carbonyl (C=O) groups is 2. The molecular weight excluding hydrogens is 174 g/mol. The Bertz CT molecular complexity index is 224. The Morgan fingerprint density at radius 3 is 2.31 bits per heavy atom. The summed E-state index contributed by atoms with van der Waals surface area (Å²) in [5, 5.41) is 0. The van der Waals surface area contributed by atoms with E-state index < -0.39 is 18.0 Å². The third-order valence-electron chi connectivity index (χ3n) is 1.44. The summed E-state index contributed by atoms with van der Waals surface area (Å²) in [6.45, 7) is 3.42. The maximum Gasteiger partial charge on any atom is 0.333 e. The molecule has 1 atom stereocenters. The number of carbonyl (C=O) groups excluding carboxylic acids is 2. The van der Waals surface area contributed by atoms with E-state index >= 15 is 0 Å². The second-order valence-corrected chi connectivity index (χ2v) is 2.43. The molecule has 0 rings (SSSR count). The number of ether oxygens (including phenoxy) is 2. The van der Waals surface area contributed by atoms with Crippen LogP contribution in [0.4, 0.5) is 0 Å². The topological polar surface area (TPSA) is 78.6 Å². The zero-order valence-electron chi connectivity index (χ0n) is 7.70. The third kappa shape index (κ3) is 3.71. The van der Waals surface area contributed by atoms with Crippen LogP contribution in [0.3, 0.4) is 0 Å². The molecule has 13 heavy (non-hydrogen) atoms. The van der Waals surface area contributed by atoms with Crippen LogP contribution >= 0.6 is 0 Å². The molecule has 0 heterocycles. The minimum atomic E-state index is -0.864. The van der Waals surface area contributed by atoms with Gasteiger partial charge in [-0.1, -0.05) is 6.58 Å². The van der Waals surface area contributed by atoms with Gasteiger partial charge in [0.2, 0.25) is 0 Å². The fourth-order valence-corrected chi connectivity index (χ4v) is 0.728. The van der Waals surface area contributed by atoms with E-state index in [1.54, 1.807) is 0 Å². The van der Waals surface area contributed by atoms with Gasteiger partial charge in [-0.2, -0.15) is 0 Å². The highest BCUT2D eigenvalue weighted by Crippen LogP contribution is 2.04. The molecule has 5 heteroatoms. The Morgan fingerprint density at radius 1 is 1.38 bits per heavy atom. The van der Waals surface area contributed by atoms with E-state index in [0.717, 1.165) is 0 Å². The SMILES string of the molecule is C=C(C[C@H](N)C(=O)OC)C(=O)OC. The van der Waals surface area contributed by atoms with E-state index in [1.807, 2.05) is 0 Å². The molecular formula is C8H13NO4. The molecule has 5 nitrogen and oxygen atoms in total. The van der Waals surface area contributed by atoms with Crippen LogP contribution in [0.2, 0.25) is 0 Å². The first-order valence-electron chi connectivity index (χ1n) is 3.62. The van der Waals surface area contributed by atoms with Crippen molar-refractivity contribution in [3.05, 3.63) is 12.2 Å². The lowest BCUT2D eigenvalue weighted by Gasteiger charge is -2.09. The van der Waals surface area contributed by atoms with Crippen LogP contribution in [0.15, 0.2) is 12.2 Å². The molecule has 0 aromatic rings. The fourth-order valence-electron chi connectivity index (χ4n) is 0.728. The van der Waals surface area contributed by atoms with Crippen molar-refractivity contribution >= 4 is 11.9 Å². The van der Waals surface area contributed by atoms with E-state index in [9.17, 15) is 9.59 Å². The van der Waals surface area contributed by atoms with Crippen LogP contribution < -0.4 is 5.73 Å². The maximum absolute atomic E-state index is 10.8. The average Bonchev–Trinajstić information content (AvgIpc) is 2.14. The van der Waals surface area contributed by atoms with Crippen molar-refractivity contribution < 1.29 is 19.1 Å². The number of methoxy groups -OCH3 is 2. The molecule has 0 aliphatic rings. The van der Waals surface area contributed by atoms with Crippen LogP contribution in [0.5, 0.6) is 0 Å². The number of nitrogens with two attached hydrogens (primary N) is 1. The summed E-state index contributed by atoms with van der Waals surface area (Å²) in [5.41, 5.74) is 5.53. The van der Waals surface area contributed by atoms with Crippen molar-refractivity contribution in [2.45, 2.75) is 12.5 Å². The molecule has 0 radical (unpaired) electrons. The number of esters is 2. The van der Waals surface area contributed by atoms with Gasteiger partial charge in [-0.05, 0) is 0 Å². The van der Waals surface area contributed by atoms with E-state index in [-0.39, 0.29) is 12.0 Å². The van der Waals surface area contributed by atoms with Crippen LogP contribution in [0.25, 0.3) is 0 Å². The predicted molar refractivity (Wildman–Crippen MR) is 45.8 cm³/mol. The molecule has 2 N–H and O–H groups in total. The standard InChI is InChI=1S/C8H13NO4/c1-5(7(10)12-2)4-6(9)8(11)13-3/h6H,1,4,9H2,2-3H3/t6-/m0/s1. The Morgan fingerprint density at radius 2 is 1.92 bits per heavy atom. The summed E-state index contributed by atoms with van der Waals surface area (Å²) in [4.78, 5) is 21.6. The molecule has 0 aromatic heterocycles. The highest BCUT2D eigenvalue weighted by molar-refractivity contribution is 5.89. The van der Waals surface area contributed by atoms with E-state index in [0.29, 0.717) is 0 Å². The Balaban J connectivity index is 4.06. The Labute approximate surface area is 76.5 Å². The molecule has 0 bridgehead atoms. The van der Waals surface area contributed by atoms with Crippen molar-refractivity contribution in [2.75, 3.05) is 14.2 Å². The highest BCUT2D eigenvalue weighted by Gasteiger charge is 2.18. The molecule has 0 saturated heterocycles. The number of hydrogen-bond acceptors (Lipinski definition) is 5. The number of hydrogen-bond donors (Lipinski definition) is 1. The molecule has 0 spiro atoms. The Kier molecular flexibility index (Phi) is 4.76. The van der Waals surface area contributed by atoms with Crippen molar-refractivity contribution in [1.29, 1.82) is 0 Å². The second-order valence-electron chi connectivity index (χ2n) is 2.43. The minimum Gasteiger partial charge on any atom is -0.468 e. The monoisotopic (exact) mass is 187 g/mol. The van der Waals surface area contributed by atoms with Crippen LogP contribution in [0.1, 0.15) is 6.42 Å². The van der Waals surface area contributed by atoms with Gasteiger partial charge in [0.25, 0.3) is 0 Å². The van der Waals surface area contributed by atoms with E-state index in [4.69, 9.17) is 5.73 Å². The summed E-state index contributed by atoms with van der Waals surface area (Å²) < 4.78 is 8.75. The van der Waals surface area contributed by atoms with Crippen LogP contribution in [-0.2, 0) is 19.1 Å².